The van der Waals surface area contributed by atoms with E-state index in [2.05, 4.69) is 0 Å². The van der Waals surface area contributed by atoms with Crippen molar-refractivity contribution in [2.75, 3.05) is 0 Å². The van der Waals surface area contributed by atoms with Crippen LogP contribution in [-0.2, 0) is 5.54 Å². The fourth-order valence-electron chi connectivity index (χ4n) is 1.31. The first-order valence-corrected chi connectivity index (χ1v) is 5.10. The molecule has 0 aliphatic rings. The highest BCUT2D eigenvalue weighted by atomic mass is 35.5. The zero-order valence-electron chi connectivity index (χ0n) is 8.22. The van der Waals surface area contributed by atoms with Crippen LogP contribution in [-0.4, -0.2) is 0 Å². The van der Waals surface area contributed by atoms with Gasteiger partial charge in [-0.2, -0.15) is 0 Å². The zero-order chi connectivity index (χ0) is 10.8. The second kappa shape index (κ2) is 4.35. The summed E-state index contributed by atoms with van der Waals surface area (Å²) in [6.45, 7) is 3.84. The molecule has 0 radical (unpaired) electrons. The molecule has 0 fully saturated rings. The predicted octanol–water partition coefficient (Wildman–Crippen LogP) is 3.74. The summed E-state index contributed by atoms with van der Waals surface area (Å²) in [6.07, 6.45) is 3.82. The summed E-state index contributed by atoms with van der Waals surface area (Å²) in [4.78, 5) is 0. The van der Waals surface area contributed by atoms with E-state index in [0.717, 1.165) is 5.56 Å². The molecule has 14 heavy (non-hydrogen) atoms. The highest BCUT2D eigenvalue weighted by Gasteiger charge is 2.17. The molecule has 76 valence electrons. The Hall–Kier alpha value is -0.500. The van der Waals surface area contributed by atoms with Gasteiger partial charge in [-0.25, -0.2) is 0 Å². The molecule has 0 amide bonds. The van der Waals surface area contributed by atoms with E-state index in [0.29, 0.717) is 10.0 Å². The fraction of sp³-hybridized carbons (Fsp3) is 0.273. The number of hydrogen-bond acceptors (Lipinski definition) is 1. The third-order valence-corrected chi connectivity index (χ3v) is 2.43. The highest BCUT2D eigenvalue weighted by molar-refractivity contribution is 6.34. The van der Waals surface area contributed by atoms with Crippen molar-refractivity contribution in [1.29, 1.82) is 0 Å². The number of benzene rings is 1. The lowest BCUT2D eigenvalue weighted by atomic mass is 9.93. The van der Waals surface area contributed by atoms with Gasteiger partial charge in [0.2, 0.25) is 0 Å². The molecule has 1 aromatic rings. The maximum Gasteiger partial charge on any atom is 0.0567 e. The van der Waals surface area contributed by atoms with Crippen molar-refractivity contribution in [3.8, 4) is 0 Å². The number of nitrogens with two attached hydrogens (primary N) is 1. The Labute approximate surface area is 94.5 Å². The van der Waals surface area contributed by atoms with E-state index in [1.54, 1.807) is 6.07 Å². The molecule has 1 aromatic carbocycles. The van der Waals surface area contributed by atoms with E-state index >= 15 is 0 Å². The number of hydrogen-bond donors (Lipinski definition) is 1. The van der Waals surface area contributed by atoms with E-state index in [9.17, 15) is 0 Å². The second-order valence-electron chi connectivity index (χ2n) is 3.44. The quantitative estimate of drug-likeness (QED) is 0.769. The normalized spacial score (nSPS) is 15.8. The van der Waals surface area contributed by atoms with Crippen molar-refractivity contribution in [2.24, 2.45) is 5.73 Å². The van der Waals surface area contributed by atoms with Crippen LogP contribution in [0.15, 0.2) is 30.4 Å². The monoisotopic (exact) mass is 229 g/mol. The Morgan fingerprint density at radius 3 is 2.14 bits per heavy atom. The predicted molar refractivity (Wildman–Crippen MR) is 62.8 cm³/mol. The van der Waals surface area contributed by atoms with Gasteiger partial charge in [0.15, 0.2) is 0 Å². The number of allylic oxidation sites excluding steroid dienone is 1. The molecule has 0 bridgehead atoms. The Balaban J connectivity index is 3.18. The topological polar surface area (TPSA) is 26.0 Å². The van der Waals surface area contributed by atoms with E-state index < -0.39 is 5.54 Å². The van der Waals surface area contributed by atoms with E-state index in [1.165, 1.54) is 0 Å². The maximum atomic E-state index is 6.08. The average Bonchev–Trinajstić information content (AvgIpc) is 2.02. The van der Waals surface area contributed by atoms with Gasteiger partial charge in [-0.05, 0) is 37.6 Å². The summed E-state index contributed by atoms with van der Waals surface area (Å²) >= 11 is 11.8. The molecular weight excluding hydrogens is 217 g/mol. The van der Waals surface area contributed by atoms with Gasteiger partial charge in [0.1, 0.15) is 0 Å². The van der Waals surface area contributed by atoms with Gasteiger partial charge >= 0.3 is 0 Å². The Morgan fingerprint density at radius 1 is 1.21 bits per heavy atom. The molecule has 1 unspecified atom stereocenters. The second-order valence-corrected chi connectivity index (χ2v) is 4.31. The molecule has 0 saturated carbocycles. The molecule has 0 aliphatic heterocycles. The first kappa shape index (κ1) is 11.6. The van der Waals surface area contributed by atoms with Gasteiger partial charge in [-0.3, -0.25) is 0 Å². The van der Waals surface area contributed by atoms with Gasteiger partial charge in [0.05, 0.1) is 5.54 Å². The molecule has 3 heteroatoms. The zero-order valence-corrected chi connectivity index (χ0v) is 9.73. The molecule has 1 atom stereocenters. The molecule has 1 rings (SSSR count). The van der Waals surface area contributed by atoms with Gasteiger partial charge in [-0.15, -0.1) is 0 Å². The van der Waals surface area contributed by atoms with Gasteiger partial charge in [0.25, 0.3) is 0 Å². The van der Waals surface area contributed by atoms with Crippen molar-refractivity contribution in [3.05, 3.63) is 46.0 Å². The van der Waals surface area contributed by atoms with Crippen molar-refractivity contribution in [2.45, 2.75) is 19.4 Å². The Morgan fingerprint density at radius 2 is 1.71 bits per heavy atom. The molecule has 0 spiro atoms. The summed E-state index contributed by atoms with van der Waals surface area (Å²) in [5, 5.41) is 1.21. The van der Waals surface area contributed by atoms with Crippen molar-refractivity contribution in [3.63, 3.8) is 0 Å². The van der Waals surface area contributed by atoms with Crippen LogP contribution in [0.1, 0.15) is 19.4 Å². The van der Waals surface area contributed by atoms with E-state index in [4.69, 9.17) is 28.9 Å². The van der Waals surface area contributed by atoms with Crippen LogP contribution in [0.4, 0.5) is 0 Å². The van der Waals surface area contributed by atoms with Crippen LogP contribution in [0, 0.1) is 0 Å². The lowest BCUT2D eigenvalue weighted by molar-refractivity contribution is 0.629. The SMILES string of the molecule is CC=CC(C)(N)c1cc(Cl)cc(Cl)c1. The lowest BCUT2D eigenvalue weighted by Crippen LogP contribution is -2.30. The fourth-order valence-corrected chi connectivity index (χ4v) is 1.83. The van der Waals surface area contributed by atoms with Crippen LogP contribution in [0.3, 0.4) is 0 Å². The smallest absolute Gasteiger partial charge is 0.0567 e. The standard InChI is InChI=1S/C11H13Cl2N/c1-3-4-11(2,14)8-5-9(12)7-10(13)6-8/h3-7H,14H2,1-2H3. The lowest BCUT2D eigenvalue weighted by Gasteiger charge is -2.21. The van der Waals surface area contributed by atoms with Gasteiger partial charge < -0.3 is 5.73 Å². The third kappa shape index (κ3) is 2.74. The minimum Gasteiger partial charge on any atom is -0.318 e. The molecule has 0 heterocycles. The van der Waals surface area contributed by atoms with E-state index in [1.807, 2.05) is 38.1 Å². The van der Waals surface area contributed by atoms with Crippen molar-refractivity contribution >= 4 is 23.2 Å². The molecule has 2 N–H and O–H groups in total. The first-order chi connectivity index (χ1) is 6.45. The third-order valence-electron chi connectivity index (χ3n) is 2.00. The largest absolute Gasteiger partial charge is 0.318 e. The Bertz CT molecular complexity index is 336. The summed E-state index contributed by atoms with van der Waals surface area (Å²) in [5.41, 5.74) is 6.47. The van der Waals surface area contributed by atoms with Gasteiger partial charge in [-0.1, -0.05) is 35.4 Å². The minimum absolute atomic E-state index is 0.525. The molecule has 0 saturated heterocycles. The molecule has 1 nitrogen and oxygen atoms in total. The molecular formula is C11H13Cl2N. The van der Waals surface area contributed by atoms with Crippen LogP contribution in [0.2, 0.25) is 10.0 Å². The van der Waals surface area contributed by atoms with Crippen molar-refractivity contribution < 1.29 is 0 Å². The summed E-state index contributed by atoms with van der Waals surface area (Å²) in [6, 6.07) is 5.35. The summed E-state index contributed by atoms with van der Waals surface area (Å²) < 4.78 is 0. The average molecular weight is 230 g/mol. The summed E-state index contributed by atoms with van der Waals surface area (Å²) in [7, 11) is 0. The van der Waals surface area contributed by atoms with Crippen molar-refractivity contribution in [1.82, 2.24) is 0 Å². The first-order valence-electron chi connectivity index (χ1n) is 4.35. The van der Waals surface area contributed by atoms with Crippen LogP contribution in [0.25, 0.3) is 0 Å². The maximum absolute atomic E-state index is 6.08. The number of halogens is 2. The molecule has 0 aliphatic carbocycles. The number of rotatable bonds is 2. The highest BCUT2D eigenvalue weighted by Crippen LogP contribution is 2.26. The minimum atomic E-state index is -0.525. The Kier molecular flexibility index (Phi) is 3.59. The van der Waals surface area contributed by atoms with Crippen LogP contribution < -0.4 is 5.73 Å². The van der Waals surface area contributed by atoms with Crippen LogP contribution >= 0.6 is 23.2 Å². The van der Waals surface area contributed by atoms with Gasteiger partial charge in [0, 0.05) is 10.0 Å². The van der Waals surface area contributed by atoms with E-state index in [-0.39, 0.29) is 0 Å². The molecule has 0 aromatic heterocycles. The summed E-state index contributed by atoms with van der Waals surface area (Å²) in [5.74, 6) is 0. The van der Waals surface area contributed by atoms with Crippen LogP contribution in [0.5, 0.6) is 0 Å².